The lowest BCUT2D eigenvalue weighted by Crippen LogP contribution is -2.40. The first kappa shape index (κ1) is 21.8. The van der Waals surface area contributed by atoms with E-state index in [-0.39, 0.29) is 12.3 Å². The Balaban J connectivity index is 1.61. The molecule has 1 aliphatic heterocycles. The average Bonchev–Trinajstić information content (AvgIpc) is 3.13. The highest BCUT2D eigenvalue weighted by atomic mass is 28.3. The first-order valence-electron chi connectivity index (χ1n) is 11.3. The molecular weight excluding hydrogens is 402 g/mol. The molecule has 0 bridgehead atoms. The molecule has 0 saturated carbocycles. The number of ether oxygens (including phenoxy) is 1. The summed E-state index contributed by atoms with van der Waals surface area (Å²) in [6, 6.07) is 10.5. The Kier molecular flexibility index (Phi) is 5.79. The molecule has 164 valence electrons. The highest BCUT2D eigenvalue weighted by Crippen LogP contribution is 2.42. The maximum absolute atomic E-state index is 13.1. The summed E-state index contributed by atoms with van der Waals surface area (Å²) in [5.74, 6) is -0.0494. The minimum atomic E-state index is -1.46. The summed E-state index contributed by atoms with van der Waals surface area (Å²) in [6.07, 6.45) is 4.62. The molecule has 0 aliphatic carbocycles. The molecule has 0 spiro atoms. The second kappa shape index (κ2) is 8.24. The van der Waals surface area contributed by atoms with Gasteiger partial charge < -0.3 is 15.0 Å². The van der Waals surface area contributed by atoms with Gasteiger partial charge in [0.1, 0.15) is 13.7 Å². The van der Waals surface area contributed by atoms with Gasteiger partial charge in [0.25, 0.3) is 0 Å². The highest BCUT2D eigenvalue weighted by molar-refractivity contribution is 6.88. The van der Waals surface area contributed by atoms with Crippen LogP contribution in [0.3, 0.4) is 0 Å². The number of amides is 1. The molecular formula is C25H33N3O2Si. The van der Waals surface area contributed by atoms with Crippen molar-refractivity contribution in [3.05, 3.63) is 53.3 Å². The largest absolute Gasteiger partial charge is 0.368 e. The first-order chi connectivity index (χ1) is 14.8. The van der Waals surface area contributed by atoms with Crippen LogP contribution in [-0.2, 0) is 28.0 Å². The van der Waals surface area contributed by atoms with Crippen LogP contribution in [0.4, 0.5) is 5.69 Å². The molecule has 1 aromatic carbocycles. The van der Waals surface area contributed by atoms with Crippen molar-refractivity contribution < 1.29 is 9.53 Å². The normalized spacial score (nSPS) is 18.7. The molecule has 0 radical (unpaired) electrons. The zero-order chi connectivity index (χ0) is 22.2. The van der Waals surface area contributed by atoms with Crippen LogP contribution in [0.2, 0.25) is 19.6 Å². The van der Waals surface area contributed by atoms with Gasteiger partial charge in [-0.15, -0.1) is 0 Å². The number of benzene rings is 1. The third-order valence-electron chi connectivity index (χ3n) is 6.43. The second-order valence-electron chi connectivity index (χ2n) is 9.53. The van der Waals surface area contributed by atoms with Gasteiger partial charge in [-0.2, -0.15) is 0 Å². The quantitative estimate of drug-likeness (QED) is 0.543. The third kappa shape index (κ3) is 4.06. The van der Waals surface area contributed by atoms with Gasteiger partial charge in [-0.05, 0) is 42.5 Å². The van der Waals surface area contributed by atoms with Crippen molar-refractivity contribution in [3.63, 3.8) is 0 Å². The molecule has 6 heteroatoms. The highest BCUT2D eigenvalue weighted by Gasteiger charge is 2.41. The minimum absolute atomic E-state index is 0.0494. The van der Waals surface area contributed by atoms with Crippen LogP contribution >= 0.6 is 0 Å². The number of anilines is 1. The predicted molar refractivity (Wildman–Crippen MR) is 130 cm³/mol. The molecule has 2 N–H and O–H groups in total. The number of nitrogens with one attached hydrogen (secondary N) is 2. The molecule has 0 saturated heterocycles. The van der Waals surface area contributed by atoms with Crippen LogP contribution in [0.1, 0.15) is 43.5 Å². The van der Waals surface area contributed by atoms with Gasteiger partial charge in [-0.1, -0.05) is 51.7 Å². The van der Waals surface area contributed by atoms with E-state index >= 15 is 0 Å². The van der Waals surface area contributed by atoms with Crippen molar-refractivity contribution in [2.75, 3.05) is 11.9 Å². The number of carbonyl (C=O) groups excluding carboxylic acids is 1. The van der Waals surface area contributed by atoms with Crippen molar-refractivity contribution in [3.8, 4) is 0 Å². The first-order valence-corrected chi connectivity index (χ1v) is 14.8. The Morgan fingerprint density at radius 3 is 2.68 bits per heavy atom. The number of rotatable bonds is 6. The number of aryl methyl sites for hydroxylation is 1. The molecule has 3 aromatic rings. The number of pyridine rings is 1. The van der Waals surface area contributed by atoms with E-state index in [1.165, 1.54) is 22.0 Å². The van der Waals surface area contributed by atoms with Gasteiger partial charge in [0, 0.05) is 16.2 Å². The van der Waals surface area contributed by atoms with Gasteiger partial charge in [-0.25, -0.2) is 0 Å². The zero-order valence-electron chi connectivity index (χ0n) is 19.3. The lowest BCUT2D eigenvalue weighted by Gasteiger charge is -2.36. The van der Waals surface area contributed by atoms with E-state index in [0.717, 1.165) is 36.0 Å². The molecule has 31 heavy (non-hydrogen) atoms. The summed E-state index contributed by atoms with van der Waals surface area (Å²) in [5, 5.41) is 5.44. The molecule has 3 heterocycles. The lowest BCUT2D eigenvalue weighted by molar-refractivity contribution is -0.128. The fourth-order valence-corrected chi connectivity index (χ4v) is 5.65. The number of para-hydroxylation sites is 1. The van der Waals surface area contributed by atoms with E-state index in [4.69, 9.17) is 4.74 Å². The Morgan fingerprint density at radius 1 is 1.23 bits per heavy atom. The van der Waals surface area contributed by atoms with E-state index in [1.807, 2.05) is 12.1 Å². The number of hydrogen-bond donors (Lipinski definition) is 2. The number of aromatic amines is 1. The molecule has 5 nitrogen and oxygen atoms in total. The van der Waals surface area contributed by atoms with Crippen LogP contribution in [0.5, 0.6) is 0 Å². The molecule has 1 amide bonds. The summed E-state index contributed by atoms with van der Waals surface area (Å²) in [5.41, 5.74) is 4.96. The summed E-state index contributed by atoms with van der Waals surface area (Å²) in [4.78, 5) is 21.3. The van der Waals surface area contributed by atoms with Crippen LogP contribution in [0.15, 0.2) is 36.5 Å². The van der Waals surface area contributed by atoms with Crippen LogP contribution < -0.4 is 10.6 Å². The van der Waals surface area contributed by atoms with Crippen molar-refractivity contribution in [1.29, 1.82) is 0 Å². The lowest BCUT2D eigenvalue weighted by atomic mass is 9.86. The van der Waals surface area contributed by atoms with E-state index in [1.54, 1.807) is 6.20 Å². The fourth-order valence-electron chi connectivity index (χ4n) is 4.62. The Bertz CT molecular complexity index is 1100. The average molecular weight is 436 g/mol. The topological polar surface area (TPSA) is 67.0 Å². The monoisotopic (exact) mass is 435 g/mol. The smallest absolute Gasteiger partial charge is 0.227 e. The van der Waals surface area contributed by atoms with Gasteiger partial charge in [0.2, 0.25) is 5.91 Å². The molecule has 2 aromatic heterocycles. The number of H-pyrrole nitrogens is 1. The Hall–Kier alpha value is -2.44. The maximum Gasteiger partial charge on any atom is 0.227 e. The molecule has 4 rings (SSSR count). The Labute approximate surface area is 185 Å². The SMILES string of the molecule is CCc1cccc2c3c([nH]c12)C(CC)(CC(=O)Nc1ccc([Si](C)(C)C)nc1)OCC3. The molecule has 0 fully saturated rings. The van der Waals surface area contributed by atoms with E-state index in [9.17, 15) is 4.79 Å². The van der Waals surface area contributed by atoms with E-state index in [2.05, 4.69) is 67.0 Å². The maximum atomic E-state index is 13.1. The van der Waals surface area contributed by atoms with E-state index in [0.29, 0.717) is 6.61 Å². The number of fused-ring (bicyclic) bond motifs is 3. The van der Waals surface area contributed by atoms with Crippen molar-refractivity contribution in [2.24, 2.45) is 0 Å². The summed E-state index contributed by atoms with van der Waals surface area (Å²) in [6.45, 7) is 11.7. The summed E-state index contributed by atoms with van der Waals surface area (Å²) >= 11 is 0. The Morgan fingerprint density at radius 2 is 2.03 bits per heavy atom. The number of hydrogen-bond acceptors (Lipinski definition) is 3. The van der Waals surface area contributed by atoms with Crippen molar-refractivity contribution in [2.45, 2.75) is 64.8 Å². The molecule has 1 aliphatic rings. The summed E-state index contributed by atoms with van der Waals surface area (Å²) in [7, 11) is -1.46. The fraction of sp³-hybridized carbons (Fsp3) is 0.440. The van der Waals surface area contributed by atoms with Gasteiger partial charge in [0.15, 0.2) is 0 Å². The van der Waals surface area contributed by atoms with Crippen molar-refractivity contribution >= 4 is 35.9 Å². The van der Waals surface area contributed by atoms with Gasteiger partial charge in [0.05, 0.1) is 30.6 Å². The standard InChI is InChI=1S/C25H33N3O2Si/c1-6-17-9-8-10-19-20-13-14-30-25(7-2,24(20)28-23(17)19)15-21(29)27-18-11-12-22(26-16-18)31(3,4)5/h8-12,16,28H,6-7,13-15H2,1-5H3,(H,27,29). The zero-order valence-corrected chi connectivity index (χ0v) is 20.3. The summed E-state index contributed by atoms with van der Waals surface area (Å²) < 4.78 is 6.31. The number of carbonyl (C=O) groups is 1. The predicted octanol–water partition coefficient (Wildman–Crippen LogP) is 4.88. The number of aromatic nitrogens is 2. The van der Waals surface area contributed by atoms with Crippen molar-refractivity contribution in [1.82, 2.24) is 9.97 Å². The third-order valence-corrected chi connectivity index (χ3v) is 8.26. The molecule has 1 unspecified atom stereocenters. The molecule has 1 atom stereocenters. The minimum Gasteiger partial charge on any atom is -0.368 e. The van der Waals surface area contributed by atoms with Gasteiger partial charge in [-0.3, -0.25) is 9.78 Å². The van der Waals surface area contributed by atoms with E-state index < -0.39 is 13.7 Å². The van der Waals surface area contributed by atoms with Gasteiger partial charge >= 0.3 is 0 Å². The second-order valence-corrected chi connectivity index (χ2v) is 14.5. The number of nitrogens with zero attached hydrogens (tertiary/aromatic N) is 1. The van der Waals surface area contributed by atoms with Crippen LogP contribution in [-0.4, -0.2) is 30.6 Å². The van der Waals surface area contributed by atoms with Crippen LogP contribution in [0, 0.1) is 0 Å². The van der Waals surface area contributed by atoms with Crippen LogP contribution in [0.25, 0.3) is 10.9 Å².